The third-order valence-electron chi connectivity index (χ3n) is 3.93. The van der Waals surface area contributed by atoms with Crippen molar-refractivity contribution in [3.63, 3.8) is 0 Å². The molecule has 23 heavy (non-hydrogen) atoms. The summed E-state index contributed by atoms with van der Waals surface area (Å²) in [7, 11) is 0. The first-order valence-corrected chi connectivity index (χ1v) is 8.07. The van der Waals surface area contributed by atoms with Crippen molar-refractivity contribution in [2.24, 2.45) is 11.7 Å². The Morgan fingerprint density at radius 1 is 1.39 bits per heavy atom. The van der Waals surface area contributed by atoms with Gasteiger partial charge in [0.1, 0.15) is 5.60 Å². The number of carbonyl (C=O) groups is 2. The molecule has 0 spiro atoms. The van der Waals surface area contributed by atoms with Crippen LogP contribution >= 0.6 is 0 Å². The Hall–Kier alpha value is -1.98. The molecule has 2 aliphatic rings. The number of allylic oxidation sites excluding steroid dienone is 1. The fourth-order valence-corrected chi connectivity index (χ4v) is 2.95. The first kappa shape index (κ1) is 17.4. The zero-order valence-corrected chi connectivity index (χ0v) is 14.3. The van der Waals surface area contributed by atoms with E-state index in [0.29, 0.717) is 37.4 Å². The minimum Gasteiger partial charge on any atom is -0.462 e. The van der Waals surface area contributed by atoms with E-state index in [1.54, 1.807) is 11.8 Å². The van der Waals surface area contributed by atoms with Gasteiger partial charge in [-0.25, -0.2) is 9.59 Å². The summed E-state index contributed by atoms with van der Waals surface area (Å²) >= 11 is 0. The smallest absolute Gasteiger partial charge is 0.410 e. The lowest BCUT2D eigenvalue weighted by Crippen LogP contribution is -2.37. The van der Waals surface area contributed by atoms with Gasteiger partial charge in [0.25, 0.3) is 0 Å². The SMILES string of the molecule is CCOC(=O)C1=C(N)CC2CCN(C(=O)OC(C)(C)C)CC=C12. The van der Waals surface area contributed by atoms with Crippen molar-refractivity contribution < 1.29 is 19.1 Å². The number of rotatable bonds is 2. The van der Waals surface area contributed by atoms with Crippen LogP contribution in [0.15, 0.2) is 22.9 Å². The summed E-state index contributed by atoms with van der Waals surface area (Å²) in [4.78, 5) is 26.0. The zero-order chi connectivity index (χ0) is 17.2. The van der Waals surface area contributed by atoms with E-state index in [0.717, 1.165) is 12.0 Å². The maximum absolute atomic E-state index is 12.2. The molecule has 6 heteroatoms. The Morgan fingerprint density at radius 2 is 2.09 bits per heavy atom. The molecule has 1 amide bonds. The summed E-state index contributed by atoms with van der Waals surface area (Å²) in [6, 6.07) is 0. The largest absolute Gasteiger partial charge is 0.462 e. The molecule has 128 valence electrons. The van der Waals surface area contributed by atoms with Crippen LogP contribution in [0.2, 0.25) is 0 Å². The van der Waals surface area contributed by atoms with Gasteiger partial charge >= 0.3 is 12.1 Å². The minimum atomic E-state index is -0.521. The van der Waals surface area contributed by atoms with Crippen molar-refractivity contribution in [1.29, 1.82) is 0 Å². The third-order valence-corrected chi connectivity index (χ3v) is 3.93. The normalized spacial score (nSPS) is 21.5. The Labute approximate surface area is 137 Å². The van der Waals surface area contributed by atoms with Gasteiger partial charge in [0.2, 0.25) is 0 Å². The van der Waals surface area contributed by atoms with Crippen LogP contribution in [-0.2, 0) is 14.3 Å². The van der Waals surface area contributed by atoms with Crippen molar-refractivity contribution in [2.75, 3.05) is 19.7 Å². The third kappa shape index (κ3) is 4.06. The molecular formula is C17H26N2O4. The first-order valence-electron chi connectivity index (χ1n) is 8.07. The van der Waals surface area contributed by atoms with Crippen molar-refractivity contribution >= 4 is 12.1 Å². The molecule has 1 aliphatic carbocycles. The number of ether oxygens (including phenoxy) is 2. The van der Waals surface area contributed by atoms with E-state index in [2.05, 4.69) is 0 Å². The Morgan fingerprint density at radius 3 is 2.70 bits per heavy atom. The number of nitrogens with two attached hydrogens (primary N) is 1. The summed E-state index contributed by atoms with van der Waals surface area (Å²) in [5.41, 5.74) is 7.50. The number of amides is 1. The summed E-state index contributed by atoms with van der Waals surface area (Å²) in [5.74, 6) is -0.202. The predicted molar refractivity (Wildman–Crippen MR) is 86.5 cm³/mol. The zero-order valence-electron chi connectivity index (χ0n) is 14.3. The molecule has 0 fully saturated rings. The van der Waals surface area contributed by atoms with Crippen molar-refractivity contribution in [1.82, 2.24) is 4.90 Å². The van der Waals surface area contributed by atoms with E-state index in [1.807, 2.05) is 26.8 Å². The molecule has 0 radical (unpaired) electrons. The molecule has 1 heterocycles. The maximum Gasteiger partial charge on any atom is 0.410 e. The highest BCUT2D eigenvalue weighted by Gasteiger charge is 2.35. The lowest BCUT2D eigenvalue weighted by atomic mass is 9.95. The van der Waals surface area contributed by atoms with E-state index in [-0.39, 0.29) is 18.0 Å². The Balaban J connectivity index is 2.14. The fraction of sp³-hybridized carbons (Fsp3) is 0.647. The van der Waals surface area contributed by atoms with E-state index >= 15 is 0 Å². The predicted octanol–water partition coefficient (Wildman–Crippen LogP) is 2.35. The second-order valence-corrected chi connectivity index (χ2v) is 6.90. The summed E-state index contributed by atoms with van der Waals surface area (Å²) in [5, 5.41) is 0. The highest BCUT2D eigenvalue weighted by Crippen LogP contribution is 2.38. The minimum absolute atomic E-state index is 0.168. The van der Waals surface area contributed by atoms with Gasteiger partial charge in [-0.15, -0.1) is 0 Å². The average Bonchev–Trinajstić information content (AvgIpc) is 2.60. The number of hydrogen-bond acceptors (Lipinski definition) is 5. The van der Waals surface area contributed by atoms with Gasteiger partial charge < -0.3 is 20.1 Å². The molecule has 0 bridgehead atoms. The quantitative estimate of drug-likeness (QED) is 0.789. The number of carbonyl (C=O) groups excluding carboxylic acids is 2. The van der Waals surface area contributed by atoms with Gasteiger partial charge in [-0.2, -0.15) is 0 Å². The number of esters is 1. The molecule has 0 aromatic rings. The summed E-state index contributed by atoms with van der Waals surface area (Å²) in [6.07, 6.45) is 2.98. The van der Waals surface area contributed by atoms with E-state index in [4.69, 9.17) is 15.2 Å². The van der Waals surface area contributed by atoms with Gasteiger partial charge in [-0.3, -0.25) is 0 Å². The average molecular weight is 322 g/mol. The number of nitrogens with zero attached hydrogens (tertiary/aromatic N) is 1. The van der Waals surface area contributed by atoms with Crippen LogP contribution in [0.5, 0.6) is 0 Å². The highest BCUT2D eigenvalue weighted by molar-refractivity contribution is 5.95. The van der Waals surface area contributed by atoms with E-state index < -0.39 is 5.60 Å². The number of hydrogen-bond donors (Lipinski definition) is 1. The monoisotopic (exact) mass is 322 g/mol. The highest BCUT2D eigenvalue weighted by atomic mass is 16.6. The topological polar surface area (TPSA) is 81.9 Å². The lowest BCUT2D eigenvalue weighted by molar-refractivity contribution is -0.138. The van der Waals surface area contributed by atoms with Crippen LogP contribution in [0.1, 0.15) is 40.5 Å². The molecule has 2 N–H and O–H groups in total. The standard InChI is InChI=1S/C17H26N2O4/c1-5-22-15(20)14-12-7-9-19(16(21)23-17(2,3)4)8-6-11(12)10-13(14)18/h7,11H,5-6,8-10,18H2,1-4H3. The molecule has 1 unspecified atom stereocenters. The molecule has 0 aromatic carbocycles. The molecule has 0 aromatic heterocycles. The summed E-state index contributed by atoms with van der Waals surface area (Å²) in [6.45, 7) is 8.62. The molecule has 6 nitrogen and oxygen atoms in total. The Bertz CT molecular complexity index is 557. The van der Waals surface area contributed by atoms with Crippen LogP contribution in [0.3, 0.4) is 0 Å². The van der Waals surface area contributed by atoms with Crippen LogP contribution in [0, 0.1) is 5.92 Å². The molecule has 2 rings (SSSR count). The van der Waals surface area contributed by atoms with Gasteiger partial charge in [-0.05, 0) is 52.0 Å². The lowest BCUT2D eigenvalue weighted by Gasteiger charge is -2.26. The van der Waals surface area contributed by atoms with Crippen molar-refractivity contribution in [3.05, 3.63) is 22.9 Å². The summed E-state index contributed by atoms with van der Waals surface area (Å²) < 4.78 is 10.5. The van der Waals surface area contributed by atoms with Gasteiger partial charge in [0.05, 0.1) is 12.2 Å². The molecule has 1 atom stereocenters. The fourth-order valence-electron chi connectivity index (χ4n) is 2.95. The molecule has 0 saturated heterocycles. The molecule has 1 aliphatic heterocycles. The molecular weight excluding hydrogens is 296 g/mol. The maximum atomic E-state index is 12.2. The van der Waals surface area contributed by atoms with Gasteiger partial charge in [0.15, 0.2) is 0 Å². The van der Waals surface area contributed by atoms with E-state index in [1.165, 1.54) is 0 Å². The second-order valence-electron chi connectivity index (χ2n) is 6.90. The van der Waals surface area contributed by atoms with Crippen LogP contribution < -0.4 is 5.73 Å². The number of fused-ring (bicyclic) bond motifs is 1. The first-order chi connectivity index (χ1) is 10.7. The van der Waals surface area contributed by atoms with Gasteiger partial charge in [-0.1, -0.05) is 6.08 Å². The van der Waals surface area contributed by atoms with Crippen LogP contribution in [0.25, 0.3) is 0 Å². The van der Waals surface area contributed by atoms with E-state index in [9.17, 15) is 9.59 Å². The van der Waals surface area contributed by atoms with Crippen molar-refractivity contribution in [2.45, 2.75) is 46.1 Å². The second kappa shape index (κ2) is 6.64. The molecule has 0 saturated carbocycles. The Kier molecular flexibility index (Phi) is 5.02. The van der Waals surface area contributed by atoms with Crippen molar-refractivity contribution in [3.8, 4) is 0 Å². The van der Waals surface area contributed by atoms with Gasteiger partial charge in [0, 0.05) is 18.8 Å². The van der Waals surface area contributed by atoms with Crippen LogP contribution in [-0.4, -0.2) is 42.3 Å². The van der Waals surface area contributed by atoms with Crippen LogP contribution in [0.4, 0.5) is 4.79 Å².